The van der Waals surface area contributed by atoms with E-state index in [2.05, 4.69) is 5.10 Å². The molecule has 0 fully saturated rings. The van der Waals surface area contributed by atoms with Gasteiger partial charge in [-0.1, -0.05) is 0 Å². The minimum Gasteiger partial charge on any atom is -0.479 e. The predicted octanol–water partition coefficient (Wildman–Crippen LogP) is 0.336. The highest BCUT2D eigenvalue weighted by atomic mass is 16.4. The molecule has 14 heavy (non-hydrogen) atoms. The van der Waals surface area contributed by atoms with E-state index in [1.807, 2.05) is 19.9 Å². The van der Waals surface area contributed by atoms with Crippen molar-refractivity contribution >= 4 is 5.97 Å². The molecule has 1 heterocycles. The van der Waals surface area contributed by atoms with Gasteiger partial charge in [0.2, 0.25) is 0 Å². The molecule has 1 aromatic heterocycles. The van der Waals surface area contributed by atoms with Crippen molar-refractivity contribution in [2.75, 3.05) is 0 Å². The molecule has 0 aliphatic heterocycles. The number of carboxylic acids is 1. The molecule has 1 atom stereocenters. The average Bonchev–Trinajstić information content (AvgIpc) is 2.29. The Balaban J connectivity index is 2.88. The maximum atomic E-state index is 10.7. The van der Waals surface area contributed by atoms with Gasteiger partial charge in [-0.15, -0.1) is 0 Å². The van der Waals surface area contributed by atoms with Gasteiger partial charge in [-0.25, -0.2) is 4.79 Å². The maximum absolute atomic E-state index is 10.7. The summed E-state index contributed by atoms with van der Waals surface area (Å²) in [5.41, 5.74) is -0.129. The lowest BCUT2D eigenvalue weighted by atomic mass is 10.1. The fourth-order valence-electron chi connectivity index (χ4n) is 1.19. The number of aromatic nitrogens is 2. The molecule has 5 heteroatoms. The fourth-order valence-corrected chi connectivity index (χ4v) is 1.19. The number of hydrogen-bond donors (Lipinski definition) is 2. The number of aryl methyl sites for hydroxylation is 2. The highest BCUT2D eigenvalue weighted by molar-refractivity contribution is 5.76. The van der Waals surface area contributed by atoms with Gasteiger partial charge in [0.1, 0.15) is 0 Å². The second kappa shape index (κ2) is 3.42. The first kappa shape index (κ1) is 10.7. The highest BCUT2D eigenvalue weighted by Gasteiger charge is 2.31. The molecular weight excluding hydrogens is 184 g/mol. The van der Waals surface area contributed by atoms with Crippen LogP contribution in [0.3, 0.4) is 0 Å². The Labute approximate surface area is 82.0 Å². The number of carbonyl (C=O) groups is 1. The van der Waals surface area contributed by atoms with E-state index in [-0.39, 0.29) is 6.54 Å². The van der Waals surface area contributed by atoms with E-state index in [1.165, 1.54) is 11.6 Å². The van der Waals surface area contributed by atoms with Crippen molar-refractivity contribution in [1.29, 1.82) is 0 Å². The third kappa shape index (κ3) is 2.11. The summed E-state index contributed by atoms with van der Waals surface area (Å²) in [4.78, 5) is 10.7. The lowest BCUT2D eigenvalue weighted by molar-refractivity contribution is -0.158. The molecule has 0 aliphatic rings. The fraction of sp³-hybridized carbons (Fsp3) is 0.556. The van der Waals surface area contributed by atoms with E-state index < -0.39 is 11.6 Å². The molecule has 1 unspecified atom stereocenters. The smallest absolute Gasteiger partial charge is 0.337 e. The molecule has 78 valence electrons. The quantitative estimate of drug-likeness (QED) is 0.734. The van der Waals surface area contributed by atoms with Gasteiger partial charge in [-0.05, 0) is 26.8 Å². The van der Waals surface area contributed by atoms with Gasteiger partial charge < -0.3 is 10.2 Å². The summed E-state index contributed by atoms with van der Waals surface area (Å²) in [7, 11) is 0. The summed E-state index contributed by atoms with van der Waals surface area (Å²) in [5, 5.41) is 22.3. The highest BCUT2D eigenvalue weighted by Crippen LogP contribution is 2.10. The molecule has 2 N–H and O–H groups in total. The van der Waals surface area contributed by atoms with Crippen LogP contribution in [0.15, 0.2) is 6.07 Å². The molecule has 1 rings (SSSR count). The van der Waals surface area contributed by atoms with E-state index >= 15 is 0 Å². The predicted molar refractivity (Wildman–Crippen MR) is 50.0 cm³/mol. The zero-order valence-corrected chi connectivity index (χ0v) is 8.48. The van der Waals surface area contributed by atoms with E-state index in [0.717, 1.165) is 11.4 Å². The van der Waals surface area contributed by atoms with Crippen molar-refractivity contribution in [2.45, 2.75) is 32.9 Å². The standard InChI is InChI=1S/C9H14N2O3/c1-6-4-7(2)11(10-6)5-9(3,14)8(12)13/h4,14H,5H2,1-3H3,(H,12,13). The molecule has 0 aliphatic carbocycles. The summed E-state index contributed by atoms with van der Waals surface area (Å²) in [6, 6.07) is 1.83. The zero-order chi connectivity index (χ0) is 10.9. The molecule has 0 radical (unpaired) electrons. The largest absolute Gasteiger partial charge is 0.479 e. The second-order valence-electron chi connectivity index (χ2n) is 3.66. The molecule has 5 nitrogen and oxygen atoms in total. The molecule has 0 bridgehead atoms. The van der Waals surface area contributed by atoms with Gasteiger partial charge >= 0.3 is 5.97 Å². The van der Waals surface area contributed by atoms with Crippen molar-refractivity contribution in [2.24, 2.45) is 0 Å². The van der Waals surface area contributed by atoms with E-state index in [4.69, 9.17) is 5.11 Å². The molecule has 0 amide bonds. The van der Waals surface area contributed by atoms with Crippen molar-refractivity contribution < 1.29 is 15.0 Å². The second-order valence-corrected chi connectivity index (χ2v) is 3.66. The third-order valence-electron chi connectivity index (χ3n) is 2.02. The van der Waals surface area contributed by atoms with Crippen LogP contribution in [0.25, 0.3) is 0 Å². The van der Waals surface area contributed by atoms with Crippen LogP contribution in [-0.4, -0.2) is 31.6 Å². The Morgan fingerprint density at radius 1 is 1.64 bits per heavy atom. The molecule has 0 aromatic carbocycles. The number of aliphatic carboxylic acids is 1. The van der Waals surface area contributed by atoms with Crippen LogP contribution >= 0.6 is 0 Å². The molecule has 0 spiro atoms. The van der Waals surface area contributed by atoms with Crippen molar-refractivity contribution in [3.8, 4) is 0 Å². The number of rotatable bonds is 3. The molecule has 0 saturated heterocycles. The molecule has 0 saturated carbocycles. The van der Waals surface area contributed by atoms with E-state index in [9.17, 15) is 9.90 Å². The molecular formula is C9H14N2O3. The number of aliphatic hydroxyl groups is 1. The SMILES string of the molecule is Cc1cc(C)n(CC(C)(O)C(=O)O)n1. The summed E-state index contributed by atoms with van der Waals surface area (Å²) in [5.74, 6) is -1.25. The summed E-state index contributed by atoms with van der Waals surface area (Å²) < 4.78 is 1.49. The Hall–Kier alpha value is -1.36. The number of carboxylic acid groups (broad SMARTS) is 1. The Morgan fingerprint density at radius 3 is 2.57 bits per heavy atom. The molecule has 1 aromatic rings. The van der Waals surface area contributed by atoms with Crippen LogP contribution < -0.4 is 0 Å². The van der Waals surface area contributed by atoms with Gasteiger partial charge in [-0.3, -0.25) is 4.68 Å². The van der Waals surface area contributed by atoms with Gasteiger partial charge in [0.25, 0.3) is 0 Å². The lowest BCUT2D eigenvalue weighted by Gasteiger charge is -2.18. The monoisotopic (exact) mass is 198 g/mol. The Bertz CT molecular complexity index is 355. The van der Waals surface area contributed by atoms with Crippen LogP contribution in [0.4, 0.5) is 0 Å². The van der Waals surface area contributed by atoms with Crippen LogP contribution in [0.1, 0.15) is 18.3 Å². The van der Waals surface area contributed by atoms with Crippen molar-refractivity contribution in [3.63, 3.8) is 0 Å². The average molecular weight is 198 g/mol. The van der Waals surface area contributed by atoms with Crippen LogP contribution in [-0.2, 0) is 11.3 Å². The van der Waals surface area contributed by atoms with Crippen LogP contribution in [0.2, 0.25) is 0 Å². The first-order chi connectivity index (χ1) is 6.33. The van der Waals surface area contributed by atoms with Gasteiger partial charge in [0.05, 0.1) is 12.2 Å². The van der Waals surface area contributed by atoms with Crippen molar-refractivity contribution in [3.05, 3.63) is 17.5 Å². The first-order valence-electron chi connectivity index (χ1n) is 4.30. The Kier molecular flexibility index (Phi) is 2.62. The third-order valence-corrected chi connectivity index (χ3v) is 2.02. The normalized spacial score (nSPS) is 15.1. The van der Waals surface area contributed by atoms with Gasteiger partial charge in [-0.2, -0.15) is 5.10 Å². The van der Waals surface area contributed by atoms with E-state index in [0.29, 0.717) is 0 Å². The first-order valence-corrected chi connectivity index (χ1v) is 4.30. The van der Waals surface area contributed by atoms with E-state index in [1.54, 1.807) is 0 Å². The summed E-state index contributed by atoms with van der Waals surface area (Å²) in [6.45, 7) is 4.85. The summed E-state index contributed by atoms with van der Waals surface area (Å²) in [6.07, 6.45) is 0. The topological polar surface area (TPSA) is 75.4 Å². The minimum absolute atomic E-state index is 0.0397. The minimum atomic E-state index is -1.77. The van der Waals surface area contributed by atoms with Crippen LogP contribution in [0.5, 0.6) is 0 Å². The number of hydrogen-bond acceptors (Lipinski definition) is 3. The number of nitrogens with zero attached hydrogens (tertiary/aromatic N) is 2. The van der Waals surface area contributed by atoms with Gasteiger partial charge in [0, 0.05) is 5.69 Å². The maximum Gasteiger partial charge on any atom is 0.337 e. The zero-order valence-electron chi connectivity index (χ0n) is 8.48. The summed E-state index contributed by atoms with van der Waals surface area (Å²) >= 11 is 0. The van der Waals surface area contributed by atoms with Gasteiger partial charge in [0.15, 0.2) is 5.60 Å². The van der Waals surface area contributed by atoms with Crippen LogP contribution in [0, 0.1) is 13.8 Å². The Morgan fingerprint density at radius 2 is 2.21 bits per heavy atom. The lowest BCUT2D eigenvalue weighted by Crippen LogP contribution is -2.40. The van der Waals surface area contributed by atoms with Crippen molar-refractivity contribution in [1.82, 2.24) is 9.78 Å².